The molecule has 3 amide bonds. The Hall–Kier alpha value is -3.35. The zero-order valence-electron chi connectivity index (χ0n) is 17.3. The minimum atomic E-state index is -0.288. The monoisotopic (exact) mass is 420 g/mol. The summed E-state index contributed by atoms with van der Waals surface area (Å²) in [6.07, 6.45) is 3.55. The molecule has 3 aromatic rings. The van der Waals surface area contributed by atoms with Crippen molar-refractivity contribution in [2.45, 2.75) is 32.1 Å². The van der Waals surface area contributed by atoms with E-state index in [4.69, 9.17) is 9.15 Å². The van der Waals surface area contributed by atoms with Crippen molar-refractivity contribution in [1.29, 1.82) is 0 Å². The van der Waals surface area contributed by atoms with Gasteiger partial charge in [-0.1, -0.05) is 31.0 Å². The largest absolute Gasteiger partial charge is 0.495 e. The van der Waals surface area contributed by atoms with Crippen LogP contribution in [0.4, 0.5) is 5.69 Å². The summed E-state index contributed by atoms with van der Waals surface area (Å²) in [5.74, 6) is -0.400. The Morgan fingerprint density at radius 3 is 2.48 bits per heavy atom. The summed E-state index contributed by atoms with van der Waals surface area (Å²) in [6, 6.07) is 11.3. The standard InChI is InChI=1S/C24H24N2O5/c1-30-21-12-17-14-6-4-5-9-19(14)31-20(17)13-18(21)25-22(27)10-11-26-23(28)15-7-2-3-8-16(15)24(26)29/h4-6,9,12-13,15-16H,2-3,7-8,10-11H2,1H3,(H,25,27)/t15-,16+. The van der Waals surface area contributed by atoms with Gasteiger partial charge in [0, 0.05) is 29.8 Å². The molecule has 7 heteroatoms. The third kappa shape index (κ3) is 3.34. The summed E-state index contributed by atoms with van der Waals surface area (Å²) in [4.78, 5) is 39.1. The highest BCUT2D eigenvalue weighted by molar-refractivity contribution is 6.08. The van der Waals surface area contributed by atoms with Gasteiger partial charge < -0.3 is 14.5 Å². The first-order valence-corrected chi connectivity index (χ1v) is 10.7. The van der Waals surface area contributed by atoms with Crippen molar-refractivity contribution in [3.63, 3.8) is 0 Å². The molecule has 5 rings (SSSR count). The van der Waals surface area contributed by atoms with E-state index in [0.717, 1.165) is 42.0 Å². The highest BCUT2D eigenvalue weighted by atomic mass is 16.5. The maximum Gasteiger partial charge on any atom is 0.233 e. The van der Waals surface area contributed by atoms with Crippen LogP contribution in [0.25, 0.3) is 21.9 Å². The minimum Gasteiger partial charge on any atom is -0.495 e. The van der Waals surface area contributed by atoms with Gasteiger partial charge in [-0.2, -0.15) is 0 Å². The minimum absolute atomic E-state index is 0.0399. The summed E-state index contributed by atoms with van der Waals surface area (Å²) in [5.41, 5.74) is 1.90. The number of fused-ring (bicyclic) bond motifs is 4. The number of carbonyl (C=O) groups is 3. The van der Waals surface area contributed by atoms with E-state index in [9.17, 15) is 14.4 Å². The van der Waals surface area contributed by atoms with Crippen molar-refractivity contribution in [3.8, 4) is 5.75 Å². The molecule has 1 aliphatic heterocycles. The number of likely N-dealkylation sites (tertiary alicyclic amines) is 1. The number of rotatable bonds is 5. The molecule has 0 radical (unpaired) electrons. The van der Waals surface area contributed by atoms with E-state index in [-0.39, 0.29) is 42.5 Å². The fourth-order valence-corrected chi connectivity index (χ4v) is 4.90. The van der Waals surface area contributed by atoms with Gasteiger partial charge in [0.1, 0.15) is 16.9 Å². The first-order valence-electron chi connectivity index (χ1n) is 10.7. The van der Waals surface area contributed by atoms with Gasteiger partial charge in [0.25, 0.3) is 0 Å². The number of furan rings is 1. The zero-order valence-corrected chi connectivity index (χ0v) is 17.3. The van der Waals surface area contributed by atoms with E-state index in [1.54, 1.807) is 13.2 Å². The van der Waals surface area contributed by atoms with Crippen LogP contribution in [0.1, 0.15) is 32.1 Å². The van der Waals surface area contributed by atoms with E-state index in [1.165, 1.54) is 4.90 Å². The summed E-state index contributed by atoms with van der Waals surface area (Å²) in [5, 5.41) is 4.72. The van der Waals surface area contributed by atoms with Gasteiger partial charge in [-0.25, -0.2) is 0 Å². The topological polar surface area (TPSA) is 88.9 Å². The van der Waals surface area contributed by atoms with Gasteiger partial charge in [0.05, 0.1) is 24.6 Å². The van der Waals surface area contributed by atoms with Crippen molar-refractivity contribution in [3.05, 3.63) is 36.4 Å². The van der Waals surface area contributed by atoms with Crippen LogP contribution in [0.5, 0.6) is 5.75 Å². The molecule has 1 aromatic heterocycles. The molecule has 2 atom stereocenters. The van der Waals surface area contributed by atoms with E-state index in [1.807, 2.05) is 30.3 Å². The van der Waals surface area contributed by atoms with Crippen LogP contribution in [0, 0.1) is 11.8 Å². The number of nitrogens with one attached hydrogen (secondary N) is 1. The number of hydrogen-bond acceptors (Lipinski definition) is 5. The van der Waals surface area contributed by atoms with E-state index in [0.29, 0.717) is 17.0 Å². The second-order valence-electron chi connectivity index (χ2n) is 8.27. The molecule has 1 aliphatic carbocycles. The molecule has 2 aliphatic rings. The van der Waals surface area contributed by atoms with Gasteiger partial charge >= 0.3 is 0 Å². The molecule has 1 saturated heterocycles. The van der Waals surface area contributed by atoms with Gasteiger partial charge in [-0.3, -0.25) is 19.3 Å². The second kappa shape index (κ2) is 7.72. The quantitative estimate of drug-likeness (QED) is 0.628. The van der Waals surface area contributed by atoms with E-state index < -0.39 is 0 Å². The third-order valence-corrected chi connectivity index (χ3v) is 6.47. The highest BCUT2D eigenvalue weighted by Gasteiger charge is 2.47. The second-order valence-corrected chi connectivity index (χ2v) is 8.27. The Labute approximate surface area is 179 Å². The lowest BCUT2D eigenvalue weighted by molar-refractivity contribution is -0.140. The summed E-state index contributed by atoms with van der Waals surface area (Å²) < 4.78 is 11.4. The molecule has 2 fully saturated rings. The number of carbonyl (C=O) groups excluding carboxylic acids is 3. The van der Waals surface area contributed by atoms with Crippen LogP contribution >= 0.6 is 0 Å². The number of imide groups is 1. The van der Waals surface area contributed by atoms with Crippen LogP contribution in [-0.2, 0) is 14.4 Å². The van der Waals surface area contributed by atoms with Crippen molar-refractivity contribution in [2.24, 2.45) is 11.8 Å². The first kappa shape index (κ1) is 19.6. The molecule has 1 saturated carbocycles. The van der Waals surface area contributed by atoms with Gasteiger partial charge in [-0.05, 0) is 25.0 Å². The number of amides is 3. The molecule has 1 N–H and O–H groups in total. The van der Waals surface area contributed by atoms with Crippen LogP contribution < -0.4 is 10.1 Å². The molecule has 160 valence electrons. The lowest BCUT2D eigenvalue weighted by atomic mass is 9.81. The first-order chi connectivity index (χ1) is 15.1. The Kier molecular flexibility index (Phi) is 4.88. The average Bonchev–Trinajstić information content (AvgIpc) is 3.26. The van der Waals surface area contributed by atoms with Crippen LogP contribution in [0.15, 0.2) is 40.8 Å². The number of nitrogens with zero attached hydrogens (tertiary/aromatic N) is 1. The Morgan fingerprint density at radius 2 is 1.77 bits per heavy atom. The molecular weight excluding hydrogens is 396 g/mol. The van der Waals surface area contributed by atoms with Crippen molar-refractivity contribution < 1.29 is 23.5 Å². The summed E-state index contributed by atoms with van der Waals surface area (Å²) >= 11 is 0. The van der Waals surface area contributed by atoms with Gasteiger partial charge in [0.2, 0.25) is 17.7 Å². The zero-order chi connectivity index (χ0) is 21.5. The third-order valence-electron chi connectivity index (χ3n) is 6.47. The van der Waals surface area contributed by atoms with Crippen LogP contribution in [-0.4, -0.2) is 36.3 Å². The average molecular weight is 420 g/mol. The number of methoxy groups -OCH3 is 1. The number of benzene rings is 2. The van der Waals surface area contributed by atoms with Crippen molar-refractivity contribution in [2.75, 3.05) is 19.0 Å². The van der Waals surface area contributed by atoms with Gasteiger partial charge in [-0.15, -0.1) is 0 Å². The number of hydrogen-bond donors (Lipinski definition) is 1. The predicted octanol–water partition coefficient (Wildman–Crippen LogP) is 4.10. The molecule has 31 heavy (non-hydrogen) atoms. The molecule has 2 aromatic carbocycles. The fraction of sp³-hybridized carbons (Fsp3) is 0.375. The van der Waals surface area contributed by atoms with Crippen molar-refractivity contribution >= 4 is 45.3 Å². The SMILES string of the molecule is COc1cc2c(cc1NC(=O)CCN1C(=O)[C@H]3CCCC[C@H]3C1=O)oc1ccccc12. The molecular formula is C24H24N2O5. The van der Waals surface area contributed by atoms with Crippen molar-refractivity contribution in [1.82, 2.24) is 4.90 Å². The maximum atomic E-state index is 12.6. The van der Waals surface area contributed by atoms with E-state index in [2.05, 4.69) is 5.32 Å². The number of ether oxygens (including phenoxy) is 1. The van der Waals surface area contributed by atoms with Crippen LogP contribution in [0.3, 0.4) is 0 Å². The molecule has 0 bridgehead atoms. The normalized spacial score (nSPS) is 21.0. The summed E-state index contributed by atoms with van der Waals surface area (Å²) in [7, 11) is 1.54. The molecule has 7 nitrogen and oxygen atoms in total. The lowest BCUT2D eigenvalue weighted by Crippen LogP contribution is -2.34. The molecule has 0 unspecified atom stereocenters. The number of para-hydroxylation sites is 1. The highest BCUT2D eigenvalue weighted by Crippen LogP contribution is 2.38. The number of anilines is 1. The van der Waals surface area contributed by atoms with E-state index >= 15 is 0 Å². The molecule has 0 spiro atoms. The lowest BCUT2D eigenvalue weighted by Gasteiger charge is -2.19. The Bertz CT molecular complexity index is 1170. The predicted molar refractivity (Wildman–Crippen MR) is 116 cm³/mol. The Morgan fingerprint density at radius 1 is 1.06 bits per heavy atom. The Balaban J connectivity index is 1.31. The summed E-state index contributed by atoms with van der Waals surface area (Å²) in [6.45, 7) is 0.103. The smallest absolute Gasteiger partial charge is 0.233 e. The van der Waals surface area contributed by atoms with Gasteiger partial charge in [0.15, 0.2) is 0 Å². The maximum absolute atomic E-state index is 12.6. The van der Waals surface area contributed by atoms with Crippen LogP contribution in [0.2, 0.25) is 0 Å². The fourth-order valence-electron chi connectivity index (χ4n) is 4.90. The molecule has 2 heterocycles.